The smallest absolute Gasteiger partial charge is 0.0518 e. The summed E-state index contributed by atoms with van der Waals surface area (Å²) >= 11 is 0. The summed E-state index contributed by atoms with van der Waals surface area (Å²) in [6, 6.07) is 21.5. The Hall–Kier alpha value is -2.28. The van der Waals surface area contributed by atoms with E-state index in [9.17, 15) is 0 Å². The van der Waals surface area contributed by atoms with Crippen molar-refractivity contribution in [2.45, 2.75) is 19.4 Å². The van der Waals surface area contributed by atoms with Gasteiger partial charge in [-0.15, -0.1) is 0 Å². The van der Waals surface area contributed by atoms with Gasteiger partial charge in [0.15, 0.2) is 0 Å². The Morgan fingerprint density at radius 3 is 2.15 bits per heavy atom. The van der Waals surface area contributed by atoms with Crippen molar-refractivity contribution in [2.24, 2.45) is 0 Å². The average molecular weight is 259 g/mol. The number of fused-ring (bicyclic) bond motifs is 1. The van der Waals surface area contributed by atoms with Crippen molar-refractivity contribution >= 4 is 0 Å². The first kappa shape index (κ1) is 11.5. The fraction of sp³-hybridized carbons (Fsp3) is 0.158. The molecule has 98 valence electrons. The summed E-state index contributed by atoms with van der Waals surface area (Å²) in [6.45, 7) is 0.956. The Morgan fingerprint density at radius 1 is 0.800 bits per heavy atom. The van der Waals surface area contributed by atoms with Crippen molar-refractivity contribution in [3.63, 3.8) is 0 Å². The number of aryl methyl sites for hydroxylation is 1. The second-order valence-corrected chi connectivity index (χ2v) is 5.46. The normalized spacial score (nSPS) is 12.8. The zero-order valence-electron chi connectivity index (χ0n) is 11.4. The molecule has 0 radical (unpaired) electrons. The van der Waals surface area contributed by atoms with E-state index in [4.69, 9.17) is 0 Å². The molecule has 0 fully saturated rings. The van der Waals surface area contributed by atoms with Gasteiger partial charge in [0.1, 0.15) is 0 Å². The number of hydrogen-bond donors (Lipinski definition) is 0. The number of hydrogen-bond acceptors (Lipinski definition) is 0. The van der Waals surface area contributed by atoms with Crippen LogP contribution in [0.3, 0.4) is 0 Å². The molecule has 3 aromatic rings. The maximum atomic E-state index is 2.42. The molecule has 20 heavy (non-hydrogen) atoms. The van der Waals surface area contributed by atoms with Crippen molar-refractivity contribution in [2.75, 3.05) is 0 Å². The standard InChI is InChI=1S/C19H17N/c1-3-7-15(8-4-1)13-20-14-17-11-12-18(17)19(20)16-9-5-2-6-10-16/h1-10,14H,11-13H2. The van der Waals surface area contributed by atoms with E-state index in [2.05, 4.69) is 71.4 Å². The molecular weight excluding hydrogens is 242 g/mol. The lowest BCUT2D eigenvalue weighted by Crippen LogP contribution is -2.05. The molecule has 1 nitrogen and oxygen atoms in total. The Labute approximate surface area is 119 Å². The minimum Gasteiger partial charge on any atom is -0.343 e. The molecule has 0 aliphatic heterocycles. The van der Waals surface area contributed by atoms with Crippen LogP contribution in [-0.2, 0) is 19.4 Å². The first-order valence-electron chi connectivity index (χ1n) is 7.22. The van der Waals surface area contributed by atoms with Gasteiger partial charge in [-0.3, -0.25) is 0 Å². The van der Waals surface area contributed by atoms with Crippen molar-refractivity contribution in [3.8, 4) is 11.3 Å². The summed E-state index contributed by atoms with van der Waals surface area (Å²) < 4.78 is 2.42. The minimum atomic E-state index is 0.956. The van der Waals surface area contributed by atoms with Gasteiger partial charge in [0.05, 0.1) is 5.69 Å². The molecule has 0 saturated heterocycles. The van der Waals surface area contributed by atoms with Crippen LogP contribution in [0.2, 0.25) is 0 Å². The predicted octanol–water partition coefficient (Wildman–Crippen LogP) is 4.30. The highest BCUT2D eigenvalue weighted by molar-refractivity contribution is 5.68. The maximum Gasteiger partial charge on any atom is 0.0518 e. The van der Waals surface area contributed by atoms with E-state index >= 15 is 0 Å². The summed E-state index contributed by atoms with van der Waals surface area (Å²) in [5.74, 6) is 0. The van der Waals surface area contributed by atoms with Gasteiger partial charge in [-0.1, -0.05) is 60.7 Å². The number of benzene rings is 2. The molecule has 4 rings (SSSR count). The van der Waals surface area contributed by atoms with Gasteiger partial charge in [0.2, 0.25) is 0 Å². The lowest BCUT2D eigenvalue weighted by molar-refractivity contribution is 0.812. The Morgan fingerprint density at radius 2 is 1.50 bits per heavy atom. The van der Waals surface area contributed by atoms with Crippen molar-refractivity contribution < 1.29 is 0 Å². The fourth-order valence-corrected chi connectivity index (χ4v) is 3.07. The van der Waals surface area contributed by atoms with Gasteiger partial charge in [-0.25, -0.2) is 0 Å². The van der Waals surface area contributed by atoms with Crippen LogP contribution in [0.4, 0.5) is 0 Å². The van der Waals surface area contributed by atoms with Gasteiger partial charge < -0.3 is 4.57 Å². The molecule has 1 heterocycles. The molecule has 0 bridgehead atoms. The molecule has 0 N–H and O–H groups in total. The Balaban J connectivity index is 1.79. The summed E-state index contributed by atoms with van der Waals surface area (Å²) in [5.41, 5.74) is 7.19. The average Bonchev–Trinajstić information content (AvgIpc) is 2.73. The van der Waals surface area contributed by atoms with Crippen LogP contribution < -0.4 is 0 Å². The largest absolute Gasteiger partial charge is 0.343 e. The van der Waals surface area contributed by atoms with E-state index in [1.807, 2.05) is 0 Å². The zero-order valence-corrected chi connectivity index (χ0v) is 11.4. The summed E-state index contributed by atoms with van der Waals surface area (Å²) in [7, 11) is 0. The SMILES string of the molecule is c1ccc(Cn2cc3c(c2-c2ccccc2)CC3)cc1. The van der Waals surface area contributed by atoms with Gasteiger partial charge in [-0.2, -0.15) is 0 Å². The second kappa shape index (κ2) is 4.68. The topological polar surface area (TPSA) is 4.93 Å². The highest BCUT2D eigenvalue weighted by Gasteiger charge is 2.23. The summed E-state index contributed by atoms with van der Waals surface area (Å²) in [4.78, 5) is 0. The maximum absolute atomic E-state index is 2.42. The molecule has 1 aromatic heterocycles. The third-order valence-corrected chi connectivity index (χ3v) is 4.16. The van der Waals surface area contributed by atoms with Gasteiger partial charge in [0, 0.05) is 12.7 Å². The predicted molar refractivity (Wildman–Crippen MR) is 82.8 cm³/mol. The van der Waals surface area contributed by atoms with Crippen LogP contribution in [-0.4, -0.2) is 4.57 Å². The first-order valence-corrected chi connectivity index (χ1v) is 7.22. The highest BCUT2D eigenvalue weighted by atomic mass is 15.0. The van der Waals surface area contributed by atoms with Gasteiger partial charge in [-0.05, 0) is 35.1 Å². The third-order valence-electron chi connectivity index (χ3n) is 4.16. The van der Waals surface area contributed by atoms with E-state index in [0.29, 0.717) is 0 Å². The Kier molecular flexibility index (Phi) is 2.70. The lowest BCUT2D eigenvalue weighted by Gasteiger charge is -2.16. The molecule has 1 heteroatoms. The monoisotopic (exact) mass is 259 g/mol. The van der Waals surface area contributed by atoms with Crippen LogP contribution in [0.25, 0.3) is 11.3 Å². The molecule has 1 aliphatic rings. The molecule has 2 aromatic carbocycles. The molecule has 0 spiro atoms. The molecule has 0 atom stereocenters. The highest BCUT2D eigenvalue weighted by Crippen LogP contribution is 2.35. The number of nitrogens with zero attached hydrogens (tertiary/aromatic N) is 1. The molecular formula is C19H17N. The van der Waals surface area contributed by atoms with Crippen LogP contribution >= 0.6 is 0 Å². The van der Waals surface area contributed by atoms with Crippen molar-refractivity contribution in [1.82, 2.24) is 4.57 Å². The zero-order chi connectivity index (χ0) is 13.4. The number of rotatable bonds is 3. The van der Waals surface area contributed by atoms with Crippen LogP contribution in [0.1, 0.15) is 16.7 Å². The van der Waals surface area contributed by atoms with E-state index in [-0.39, 0.29) is 0 Å². The van der Waals surface area contributed by atoms with Crippen molar-refractivity contribution in [3.05, 3.63) is 83.6 Å². The van der Waals surface area contributed by atoms with Crippen LogP contribution in [0.15, 0.2) is 66.9 Å². The summed E-state index contributed by atoms with van der Waals surface area (Å²) in [6.07, 6.45) is 4.80. The van der Waals surface area contributed by atoms with E-state index in [1.165, 1.54) is 35.2 Å². The minimum absolute atomic E-state index is 0.956. The fourth-order valence-electron chi connectivity index (χ4n) is 3.07. The lowest BCUT2D eigenvalue weighted by atomic mass is 9.89. The molecule has 0 amide bonds. The van der Waals surface area contributed by atoms with E-state index < -0.39 is 0 Å². The molecule has 0 saturated carbocycles. The van der Waals surface area contributed by atoms with E-state index in [1.54, 1.807) is 5.56 Å². The molecule has 0 unspecified atom stereocenters. The number of aromatic nitrogens is 1. The van der Waals surface area contributed by atoms with Gasteiger partial charge in [0.25, 0.3) is 0 Å². The van der Waals surface area contributed by atoms with Gasteiger partial charge >= 0.3 is 0 Å². The molecule has 1 aliphatic carbocycles. The third kappa shape index (κ3) is 1.87. The Bertz CT molecular complexity index is 723. The van der Waals surface area contributed by atoms with Crippen molar-refractivity contribution in [1.29, 1.82) is 0 Å². The van der Waals surface area contributed by atoms with E-state index in [0.717, 1.165) is 6.54 Å². The summed E-state index contributed by atoms with van der Waals surface area (Å²) in [5, 5.41) is 0. The first-order chi connectivity index (χ1) is 9.92. The van der Waals surface area contributed by atoms with Crippen LogP contribution in [0, 0.1) is 0 Å². The second-order valence-electron chi connectivity index (χ2n) is 5.46. The quantitative estimate of drug-likeness (QED) is 0.661. The van der Waals surface area contributed by atoms with Crippen LogP contribution in [0.5, 0.6) is 0 Å².